The van der Waals surface area contributed by atoms with Crippen LogP contribution in [0.1, 0.15) is 60.8 Å². The van der Waals surface area contributed by atoms with Crippen LogP contribution in [0.25, 0.3) is 11.0 Å². The summed E-state index contributed by atoms with van der Waals surface area (Å²) in [5, 5.41) is 8.41. The van der Waals surface area contributed by atoms with Crippen molar-refractivity contribution in [2.24, 2.45) is 11.8 Å². The number of nitrogens with one attached hydrogen (secondary N) is 1. The molecule has 0 spiro atoms. The van der Waals surface area contributed by atoms with Gasteiger partial charge in [0.05, 0.1) is 18.5 Å². The topological polar surface area (TPSA) is 86.9 Å². The van der Waals surface area contributed by atoms with Gasteiger partial charge in [0.2, 0.25) is 5.95 Å². The summed E-state index contributed by atoms with van der Waals surface area (Å²) < 4.78 is 8.92. The molecule has 0 bridgehead atoms. The highest BCUT2D eigenvalue weighted by atomic mass is 16.5. The van der Waals surface area contributed by atoms with Crippen LogP contribution in [0.2, 0.25) is 0 Å². The van der Waals surface area contributed by atoms with Crippen molar-refractivity contribution in [3.05, 3.63) is 30.9 Å². The van der Waals surface area contributed by atoms with E-state index < -0.39 is 0 Å². The average molecular weight is 443 g/mol. The number of ether oxygens (including phenoxy) is 1. The van der Waals surface area contributed by atoms with Crippen LogP contribution in [-0.2, 0) is 22.6 Å². The lowest BCUT2D eigenvalue weighted by Crippen LogP contribution is -2.15. The Hall–Kier alpha value is -2.90. The number of hydrogen-bond acceptors (Lipinski definition) is 6. The van der Waals surface area contributed by atoms with Gasteiger partial charge in [0.25, 0.3) is 0 Å². The summed E-state index contributed by atoms with van der Waals surface area (Å²) in [6.45, 7) is 14.3. The van der Waals surface area contributed by atoms with Crippen LogP contribution in [0.5, 0.6) is 0 Å². The molecule has 0 fully saturated rings. The van der Waals surface area contributed by atoms with Gasteiger partial charge in [0.1, 0.15) is 12.2 Å². The quantitative estimate of drug-likeness (QED) is 0.315. The molecule has 0 saturated heterocycles. The number of esters is 1. The van der Waals surface area contributed by atoms with E-state index in [1.807, 2.05) is 26.1 Å². The Morgan fingerprint density at radius 3 is 2.69 bits per heavy atom. The predicted molar refractivity (Wildman–Crippen MR) is 129 cm³/mol. The number of carbonyl (C=O) groups is 1. The predicted octanol–water partition coefficient (Wildman–Crippen LogP) is 5.42. The normalized spacial score (nSPS) is 11.8. The van der Waals surface area contributed by atoms with Gasteiger partial charge in [-0.3, -0.25) is 9.48 Å². The standard InChI is InChI=1S/C22H32N6O2.C2H6/c1-5-7-10-30-20(29)15-28-14-19(12-24-28)25-22-23-11-18-8-9-27(21(18)26-22)13-17(6-2)16(3)4;1-2/h8-9,11-12,14,16-17H,5-7,10,13,15H2,1-4H3,(H,23,25,26);1-2H3. The first-order chi connectivity index (χ1) is 15.5. The Bertz CT molecular complexity index is 962. The van der Waals surface area contributed by atoms with Crippen molar-refractivity contribution < 1.29 is 9.53 Å². The van der Waals surface area contributed by atoms with Crippen molar-refractivity contribution in [2.75, 3.05) is 11.9 Å². The van der Waals surface area contributed by atoms with E-state index in [1.54, 1.807) is 17.1 Å². The van der Waals surface area contributed by atoms with Crippen molar-refractivity contribution in [2.45, 2.75) is 73.9 Å². The summed E-state index contributed by atoms with van der Waals surface area (Å²) in [7, 11) is 0. The molecule has 3 aromatic heterocycles. The third-order valence-corrected chi connectivity index (χ3v) is 5.34. The third-order valence-electron chi connectivity index (χ3n) is 5.34. The van der Waals surface area contributed by atoms with Gasteiger partial charge < -0.3 is 14.6 Å². The van der Waals surface area contributed by atoms with Gasteiger partial charge in [0, 0.05) is 30.5 Å². The van der Waals surface area contributed by atoms with Gasteiger partial charge in [-0.25, -0.2) is 4.98 Å². The Labute approximate surface area is 191 Å². The first-order valence-corrected chi connectivity index (χ1v) is 11.8. The average Bonchev–Trinajstić information content (AvgIpc) is 3.39. The van der Waals surface area contributed by atoms with Gasteiger partial charge in [-0.1, -0.05) is 54.4 Å². The molecular formula is C24H38N6O2. The van der Waals surface area contributed by atoms with E-state index in [-0.39, 0.29) is 12.5 Å². The first kappa shape index (κ1) is 25.4. The molecule has 8 nitrogen and oxygen atoms in total. The van der Waals surface area contributed by atoms with Crippen molar-refractivity contribution in [3.8, 4) is 0 Å². The summed E-state index contributed by atoms with van der Waals surface area (Å²) in [6, 6.07) is 2.05. The Morgan fingerprint density at radius 1 is 1.22 bits per heavy atom. The molecule has 3 rings (SSSR count). The number of nitrogens with zero attached hydrogens (tertiary/aromatic N) is 5. The minimum Gasteiger partial charge on any atom is -0.464 e. The molecule has 3 aromatic rings. The lowest BCUT2D eigenvalue weighted by molar-refractivity contribution is -0.144. The molecule has 0 saturated carbocycles. The van der Waals surface area contributed by atoms with E-state index in [4.69, 9.17) is 9.72 Å². The molecule has 0 aromatic carbocycles. The van der Waals surface area contributed by atoms with E-state index in [0.29, 0.717) is 24.4 Å². The van der Waals surface area contributed by atoms with Gasteiger partial charge in [0.15, 0.2) is 0 Å². The molecule has 0 aliphatic heterocycles. The highest BCUT2D eigenvalue weighted by molar-refractivity contribution is 5.76. The SMILES string of the molecule is CC.CCCCOC(=O)Cn1cc(Nc2ncc3ccn(CC(CC)C(C)C)c3n2)cn1. The van der Waals surface area contributed by atoms with Crippen molar-refractivity contribution in [3.63, 3.8) is 0 Å². The van der Waals surface area contributed by atoms with E-state index in [2.05, 4.69) is 53.9 Å². The lowest BCUT2D eigenvalue weighted by atomic mass is 9.93. The summed E-state index contributed by atoms with van der Waals surface area (Å²) in [5.74, 6) is 1.43. The number of carbonyl (C=O) groups excluding carboxylic acids is 1. The van der Waals surface area contributed by atoms with Crippen molar-refractivity contribution in [1.29, 1.82) is 0 Å². The fraction of sp³-hybridized carbons (Fsp3) is 0.583. The number of rotatable bonds is 11. The fourth-order valence-corrected chi connectivity index (χ4v) is 3.39. The highest BCUT2D eigenvalue weighted by Gasteiger charge is 2.14. The van der Waals surface area contributed by atoms with Crippen molar-refractivity contribution in [1.82, 2.24) is 24.3 Å². The third kappa shape index (κ3) is 7.07. The molecule has 0 aliphatic carbocycles. The molecule has 0 amide bonds. The summed E-state index contributed by atoms with van der Waals surface area (Å²) in [4.78, 5) is 21.0. The minimum absolute atomic E-state index is 0.0851. The highest BCUT2D eigenvalue weighted by Crippen LogP contribution is 2.22. The fourth-order valence-electron chi connectivity index (χ4n) is 3.39. The molecule has 3 heterocycles. The molecule has 1 atom stereocenters. The molecule has 1 unspecified atom stereocenters. The monoisotopic (exact) mass is 442 g/mol. The summed E-state index contributed by atoms with van der Waals surface area (Å²) in [5.41, 5.74) is 1.64. The zero-order chi connectivity index (χ0) is 23.5. The molecule has 176 valence electrons. The van der Waals surface area contributed by atoms with Crippen LogP contribution >= 0.6 is 0 Å². The second kappa shape index (κ2) is 12.8. The van der Waals surface area contributed by atoms with Crippen LogP contribution in [-0.4, -0.2) is 36.9 Å². The second-order valence-electron chi connectivity index (χ2n) is 7.98. The van der Waals surface area contributed by atoms with Gasteiger partial charge in [-0.2, -0.15) is 10.1 Å². The van der Waals surface area contributed by atoms with Crippen LogP contribution < -0.4 is 5.32 Å². The maximum atomic E-state index is 11.8. The maximum Gasteiger partial charge on any atom is 0.327 e. The minimum atomic E-state index is -0.288. The van der Waals surface area contributed by atoms with Gasteiger partial charge in [-0.05, 0) is 24.3 Å². The van der Waals surface area contributed by atoms with Crippen LogP contribution in [0.15, 0.2) is 30.9 Å². The Kier molecular flexibility index (Phi) is 10.2. The molecule has 1 N–H and O–H groups in total. The molecule has 0 aliphatic rings. The summed E-state index contributed by atoms with van der Waals surface area (Å²) >= 11 is 0. The number of hydrogen-bond donors (Lipinski definition) is 1. The van der Waals surface area contributed by atoms with E-state index in [9.17, 15) is 4.79 Å². The number of fused-ring (bicyclic) bond motifs is 1. The van der Waals surface area contributed by atoms with Crippen molar-refractivity contribution >= 4 is 28.6 Å². The molecule has 32 heavy (non-hydrogen) atoms. The Morgan fingerprint density at radius 2 is 2.00 bits per heavy atom. The number of anilines is 2. The zero-order valence-corrected chi connectivity index (χ0v) is 20.3. The summed E-state index contributed by atoms with van der Waals surface area (Å²) in [6.07, 6.45) is 10.3. The van der Waals surface area contributed by atoms with E-state index in [1.165, 1.54) is 0 Å². The van der Waals surface area contributed by atoms with E-state index >= 15 is 0 Å². The molecule has 8 heteroatoms. The van der Waals surface area contributed by atoms with Gasteiger partial charge >= 0.3 is 5.97 Å². The molecule has 0 radical (unpaired) electrons. The van der Waals surface area contributed by atoms with Crippen LogP contribution in [0.3, 0.4) is 0 Å². The number of unbranched alkanes of at least 4 members (excludes halogenated alkanes) is 1. The smallest absolute Gasteiger partial charge is 0.327 e. The lowest BCUT2D eigenvalue weighted by Gasteiger charge is -2.20. The molecular weight excluding hydrogens is 404 g/mol. The second-order valence-corrected chi connectivity index (χ2v) is 7.98. The largest absolute Gasteiger partial charge is 0.464 e. The van der Waals surface area contributed by atoms with Crippen LogP contribution in [0, 0.1) is 11.8 Å². The number of aromatic nitrogens is 5. The maximum absolute atomic E-state index is 11.8. The van der Waals surface area contributed by atoms with Gasteiger partial charge in [-0.15, -0.1) is 0 Å². The van der Waals surface area contributed by atoms with Crippen LogP contribution in [0.4, 0.5) is 11.6 Å². The first-order valence-electron chi connectivity index (χ1n) is 11.8. The van der Waals surface area contributed by atoms with E-state index in [0.717, 1.165) is 42.5 Å². The Balaban J connectivity index is 0.00000176. The zero-order valence-electron chi connectivity index (χ0n) is 20.3.